The molecule has 2 aromatic rings. The zero-order valence-electron chi connectivity index (χ0n) is 14.8. The van der Waals surface area contributed by atoms with E-state index in [1.165, 1.54) is 6.33 Å². The second kappa shape index (κ2) is 6.66. The average Bonchev–Trinajstić information content (AvgIpc) is 3.25. The summed E-state index contributed by atoms with van der Waals surface area (Å²) in [7, 11) is 0. The Morgan fingerprint density at radius 1 is 1.24 bits per heavy atom. The molecule has 1 atom stereocenters. The van der Waals surface area contributed by atoms with Gasteiger partial charge in [-0.3, -0.25) is 9.59 Å². The largest absolute Gasteiger partial charge is 0.328 e. The lowest BCUT2D eigenvalue weighted by Crippen LogP contribution is -2.54. The van der Waals surface area contributed by atoms with Gasteiger partial charge in [-0.2, -0.15) is 5.10 Å². The van der Waals surface area contributed by atoms with E-state index in [2.05, 4.69) is 15.4 Å². The summed E-state index contributed by atoms with van der Waals surface area (Å²) < 4.78 is 1.65. The van der Waals surface area contributed by atoms with Gasteiger partial charge in [0.25, 0.3) is 0 Å². The average molecular weight is 341 g/mol. The van der Waals surface area contributed by atoms with Crippen LogP contribution in [0.1, 0.15) is 33.6 Å². The van der Waals surface area contributed by atoms with Gasteiger partial charge in [0.1, 0.15) is 18.2 Å². The zero-order chi connectivity index (χ0) is 18.0. The third-order valence-corrected chi connectivity index (χ3v) is 4.70. The van der Waals surface area contributed by atoms with Crippen LogP contribution in [0.5, 0.6) is 0 Å². The Kier molecular flexibility index (Phi) is 4.57. The van der Waals surface area contributed by atoms with Crippen LogP contribution in [0.3, 0.4) is 0 Å². The van der Waals surface area contributed by atoms with Gasteiger partial charge in [0.15, 0.2) is 0 Å². The minimum absolute atomic E-state index is 0.0247. The van der Waals surface area contributed by atoms with Crippen molar-refractivity contribution in [3.63, 3.8) is 0 Å². The van der Waals surface area contributed by atoms with Crippen molar-refractivity contribution in [2.24, 2.45) is 5.92 Å². The number of nitrogens with one attached hydrogen (secondary N) is 1. The van der Waals surface area contributed by atoms with E-state index in [-0.39, 0.29) is 17.7 Å². The van der Waals surface area contributed by atoms with Gasteiger partial charge in [-0.1, -0.05) is 13.8 Å². The molecule has 0 aliphatic carbocycles. The van der Waals surface area contributed by atoms with Gasteiger partial charge < -0.3 is 10.2 Å². The van der Waals surface area contributed by atoms with Gasteiger partial charge in [0.05, 0.1) is 5.69 Å². The minimum atomic E-state index is -0.800. The lowest BCUT2D eigenvalue weighted by Gasteiger charge is -2.35. The molecule has 0 radical (unpaired) electrons. The highest BCUT2D eigenvalue weighted by atomic mass is 16.2. The monoisotopic (exact) mass is 341 g/mol. The van der Waals surface area contributed by atoms with Gasteiger partial charge in [-0.05, 0) is 44.0 Å². The number of carbonyl (C=O) groups excluding carboxylic acids is 2. The van der Waals surface area contributed by atoms with Crippen molar-refractivity contribution in [1.82, 2.24) is 19.7 Å². The predicted octanol–water partition coefficient (Wildman–Crippen LogP) is 2.24. The lowest BCUT2D eigenvalue weighted by atomic mass is 9.96. The van der Waals surface area contributed by atoms with Crippen LogP contribution in [0.2, 0.25) is 0 Å². The first kappa shape index (κ1) is 17.1. The number of hydrogen-bond donors (Lipinski definition) is 1. The second-order valence-corrected chi connectivity index (χ2v) is 6.86. The second-order valence-electron chi connectivity index (χ2n) is 6.86. The molecule has 1 aliphatic rings. The van der Waals surface area contributed by atoms with Gasteiger partial charge in [0, 0.05) is 18.2 Å². The highest BCUT2D eigenvalue weighted by Gasteiger charge is 2.46. The van der Waals surface area contributed by atoms with Crippen molar-refractivity contribution in [3.8, 4) is 5.69 Å². The normalized spacial score (nSPS) is 20.1. The van der Waals surface area contributed by atoms with E-state index in [4.69, 9.17) is 0 Å². The van der Waals surface area contributed by atoms with E-state index >= 15 is 0 Å². The van der Waals surface area contributed by atoms with Crippen molar-refractivity contribution >= 4 is 17.5 Å². The third-order valence-electron chi connectivity index (χ3n) is 4.70. The zero-order valence-corrected chi connectivity index (χ0v) is 14.8. The molecule has 1 aromatic carbocycles. The Morgan fingerprint density at radius 3 is 2.56 bits per heavy atom. The van der Waals surface area contributed by atoms with Gasteiger partial charge in [-0.25, -0.2) is 9.67 Å². The number of carbonyl (C=O) groups is 2. The SMILES string of the molecule is CC(C)C(=O)N1CCCC1(C)C(=O)Nc1ccc(-n2cncn2)cc1. The van der Waals surface area contributed by atoms with Crippen molar-refractivity contribution < 1.29 is 9.59 Å². The summed E-state index contributed by atoms with van der Waals surface area (Å²) in [4.78, 5) is 30.9. The van der Waals surface area contributed by atoms with Crippen LogP contribution in [0, 0.1) is 5.92 Å². The summed E-state index contributed by atoms with van der Waals surface area (Å²) in [6.07, 6.45) is 4.60. The van der Waals surface area contributed by atoms with Crippen LogP contribution in [-0.4, -0.2) is 43.6 Å². The van der Waals surface area contributed by atoms with Gasteiger partial charge in [0.2, 0.25) is 11.8 Å². The molecule has 1 aliphatic heterocycles. The number of hydrogen-bond acceptors (Lipinski definition) is 4. The third kappa shape index (κ3) is 3.26. The van der Waals surface area contributed by atoms with Gasteiger partial charge >= 0.3 is 0 Å². The molecule has 2 amide bonds. The number of benzene rings is 1. The summed E-state index contributed by atoms with van der Waals surface area (Å²) in [5, 5.41) is 7.01. The Balaban J connectivity index is 1.74. The van der Waals surface area contributed by atoms with Crippen LogP contribution in [0.25, 0.3) is 5.69 Å². The molecule has 1 unspecified atom stereocenters. The maximum atomic E-state index is 12.9. The first-order chi connectivity index (χ1) is 11.9. The fraction of sp³-hybridized carbons (Fsp3) is 0.444. The van der Waals surface area contributed by atoms with Crippen LogP contribution in [-0.2, 0) is 9.59 Å². The van der Waals surface area contributed by atoms with E-state index < -0.39 is 5.54 Å². The molecule has 25 heavy (non-hydrogen) atoms. The van der Waals surface area contributed by atoms with E-state index in [0.29, 0.717) is 18.7 Å². The maximum Gasteiger partial charge on any atom is 0.250 e. The van der Waals surface area contributed by atoms with Crippen molar-refractivity contribution in [3.05, 3.63) is 36.9 Å². The van der Waals surface area contributed by atoms with Crippen molar-refractivity contribution in [1.29, 1.82) is 0 Å². The molecule has 2 heterocycles. The number of nitrogens with zero attached hydrogens (tertiary/aromatic N) is 4. The predicted molar refractivity (Wildman–Crippen MR) is 94.2 cm³/mol. The number of rotatable bonds is 4. The van der Waals surface area contributed by atoms with Crippen molar-refractivity contribution in [2.75, 3.05) is 11.9 Å². The fourth-order valence-corrected chi connectivity index (χ4v) is 3.17. The Labute approximate surface area is 147 Å². The molecule has 1 fully saturated rings. The summed E-state index contributed by atoms with van der Waals surface area (Å²) in [5.41, 5.74) is 0.754. The molecule has 1 N–H and O–H groups in total. The summed E-state index contributed by atoms with van der Waals surface area (Å²) in [6.45, 7) is 6.20. The molecule has 7 heteroatoms. The number of aromatic nitrogens is 3. The van der Waals surface area contributed by atoms with E-state index in [1.54, 1.807) is 15.9 Å². The number of likely N-dealkylation sites (tertiary alicyclic amines) is 1. The molecule has 132 valence electrons. The maximum absolute atomic E-state index is 12.9. The van der Waals surface area contributed by atoms with E-state index in [1.807, 2.05) is 45.0 Å². The van der Waals surface area contributed by atoms with Crippen LogP contribution < -0.4 is 5.32 Å². The molecule has 0 spiro atoms. The Hall–Kier alpha value is -2.70. The van der Waals surface area contributed by atoms with Crippen LogP contribution in [0.15, 0.2) is 36.9 Å². The summed E-state index contributed by atoms with van der Waals surface area (Å²) in [5.74, 6) is -0.239. The number of anilines is 1. The Morgan fingerprint density at radius 2 is 1.96 bits per heavy atom. The Bertz CT molecular complexity index is 754. The first-order valence-electron chi connectivity index (χ1n) is 8.50. The molecule has 1 aromatic heterocycles. The topological polar surface area (TPSA) is 80.1 Å². The fourth-order valence-electron chi connectivity index (χ4n) is 3.17. The summed E-state index contributed by atoms with van der Waals surface area (Å²) >= 11 is 0. The minimum Gasteiger partial charge on any atom is -0.328 e. The number of amides is 2. The highest BCUT2D eigenvalue weighted by Crippen LogP contribution is 2.31. The molecule has 0 saturated carbocycles. The van der Waals surface area contributed by atoms with Crippen LogP contribution >= 0.6 is 0 Å². The van der Waals surface area contributed by atoms with Gasteiger partial charge in [-0.15, -0.1) is 0 Å². The lowest BCUT2D eigenvalue weighted by molar-refractivity contribution is -0.144. The van der Waals surface area contributed by atoms with E-state index in [0.717, 1.165) is 12.1 Å². The standard InChI is InChI=1S/C18H23N5O2/c1-13(2)16(24)22-10-4-9-18(22,3)17(25)21-14-5-7-15(8-6-14)23-12-19-11-20-23/h5-8,11-13H,4,9-10H2,1-3H3,(H,21,25). The first-order valence-corrected chi connectivity index (χ1v) is 8.50. The molecular weight excluding hydrogens is 318 g/mol. The molecule has 1 saturated heterocycles. The molecule has 7 nitrogen and oxygen atoms in total. The van der Waals surface area contributed by atoms with Crippen LogP contribution in [0.4, 0.5) is 5.69 Å². The smallest absolute Gasteiger partial charge is 0.250 e. The summed E-state index contributed by atoms with van der Waals surface area (Å²) in [6, 6.07) is 7.36. The van der Waals surface area contributed by atoms with E-state index in [9.17, 15) is 9.59 Å². The molecular formula is C18H23N5O2. The molecule has 3 rings (SSSR count). The molecule has 0 bridgehead atoms. The van der Waals surface area contributed by atoms with Crippen molar-refractivity contribution in [2.45, 2.75) is 39.2 Å². The quantitative estimate of drug-likeness (QED) is 0.925. The highest BCUT2D eigenvalue weighted by molar-refractivity contribution is 6.00.